The Hall–Kier alpha value is -1.46. The molecular weight excluding hydrogens is 324 g/mol. The fraction of sp³-hybridized carbons (Fsp3) is 0.333. The molecule has 1 aromatic heterocycles. The smallest absolute Gasteiger partial charge is 0.268 e. The molecule has 1 unspecified atom stereocenters. The number of nitrogens with zero attached hydrogens (tertiary/aromatic N) is 2. The number of benzene rings is 1. The van der Waals surface area contributed by atoms with Crippen molar-refractivity contribution in [1.82, 2.24) is 9.55 Å². The zero-order chi connectivity index (χ0) is 16.6. The van der Waals surface area contributed by atoms with Gasteiger partial charge in [-0.2, -0.15) is 0 Å². The van der Waals surface area contributed by atoms with E-state index in [0.29, 0.717) is 5.25 Å². The molecule has 3 nitrogen and oxygen atoms in total. The molecule has 1 atom stereocenters. The van der Waals surface area contributed by atoms with Crippen molar-refractivity contribution in [2.75, 3.05) is 5.75 Å². The van der Waals surface area contributed by atoms with E-state index in [1.807, 2.05) is 18.2 Å². The third kappa shape index (κ3) is 3.26. The number of fused-ring (bicyclic) bond motifs is 1. The Labute approximate surface area is 145 Å². The van der Waals surface area contributed by atoms with Gasteiger partial charge < -0.3 is 0 Å². The highest BCUT2D eigenvalue weighted by molar-refractivity contribution is 8.00. The Kier molecular flexibility index (Phi) is 4.69. The zero-order valence-corrected chi connectivity index (χ0v) is 15.3. The highest BCUT2D eigenvalue weighted by Gasteiger charge is 2.26. The van der Waals surface area contributed by atoms with Crippen LogP contribution in [0.15, 0.2) is 45.7 Å². The first-order chi connectivity index (χ1) is 11.0. The highest BCUT2D eigenvalue weighted by atomic mass is 32.2. The topological polar surface area (TPSA) is 34.9 Å². The van der Waals surface area contributed by atoms with Crippen LogP contribution in [0.3, 0.4) is 0 Å². The van der Waals surface area contributed by atoms with Crippen LogP contribution in [0.2, 0.25) is 0 Å². The minimum Gasteiger partial charge on any atom is -0.268 e. The molecule has 0 N–H and O–H groups in total. The van der Waals surface area contributed by atoms with Crippen molar-refractivity contribution in [1.29, 1.82) is 0 Å². The van der Waals surface area contributed by atoms with E-state index in [1.165, 1.54) is 0 Å². The summed E-state index contributed by atoms with van der Waals surface area (Å²) >= 11 is 3.20. The number of aromatic nitrogens is 2. The number of hydrogen-bond acceptors (Lipinski definition) is 4. The van der Waals surface area contributed by atoms with Crippen molar-refractivity contribution < 1.29 is 0 Å². The lowest BCUT2D eigenvalue weighted by Gasteiger charge is -2.14. The van der Waals surface area contributed by atoms with Crippen LogP contribution in [-0.4, -0.2) is 20.6 Å². The van der Waals surface area contributed by atoms with Gasteiger partial charge in [-0.05, 0) is 37.1 Å². The maximum atomic E-state index is 13.1. The van der Waals surface area contributed by atoms with Gasteiger partial charge in [0.05, 0.1) is 16.3 Å². The summed E-state index contributed by atoms with van der Waals surface area (Å²) in [7, 11) is 0. The van der Waals surface area contributed by atoms with Gasteiger partial charge in [-0.3, -0.25) is 9.36 Å². The third-order valence-electron chi connectivity index (χ3n) is 3.68. The fourth-order valence-electron chi connectivity index (χ4n) is 2.84. The van der Waals surface area contributed by atoms with Gasteiger partial charge in [-0.25, -0.2) is 4.98 Å². The maximum absolute atomic E-state index is 13.1. The van der Waals surface area contributed by atoms with Crippen LogP contribution in [0.25, 0.3) is 5.69 Å². The Bertz CT molecular complexity index is 806. The first-order valence-corrected chi connectivity index (χ1v) is 9.51. The number of aryl methyl sites for hydroxylation is 2. The van der Waals surface area contributed by atoms with Gasteiger partial charge in [0.15, 0.2) is 5.16 Å². The standard InChI is InChI=1S/C18H20N2OS2/c1-5-6-22-18-19-15-10-13(4)23-16(15)17(21)20(18)14-8-11(2)7-12(3)9-14/h5,7-9,13H,1,6,10H2,2-4H3. The Balaban J connectivity index is 2.23. The predicted molar refractivity (Wildman–Crippen MR) is 99.3 cm³/mol. The zero-order valence-electron chi connectivity index (χ0n) is 13.6. The van der Waals surface area contributed by atoms with Gasteiger partial charge in [0.2, 0.25) is 0 Å². The van der Waals surface area contributed by atoms with Gasteiger partial charge in [0.1, 0.15) is 0 Å². The first-order valence-electron chi connectivity index (χ1n) is 7.64. The Morgan fingerprint density at radius 2 is 2.09 bits per heavy atom. The SMILES string of the molecule is C=CCSc1nc2c(c(=O)n1-c1cc(C)cc(C)c1)SC(C)C2. The van der Waals surface area contributed by atoms with Gasteiger partial charge in [-0.15, -0.1) is 18.3 Å². The summed E-state index contributed by atoms with van der Waals surface area (Å²) in [5, 5.41) is 1.17. The van der Waals surface area contributed by atoms with Crippen LogP contribution in [0.4, 0.5) is 0 Å². The molecule has 120 valence electrons. The molecule has 0 radical (unpaired) electrons. The summed E-state index contributed by atoms with van der Waals surface area (Å²) < 4.78 is 1.76. The third-order valence-corrected chi connectivity index (χ3v) is 5.83. The fourth-order valence-corrected chi connectivity index (χ4v) is 4.70. The first kappa shape index (κ1) is 16.4. The lowest BCUT2D eigenvalue weighted by molar-refractivity contribution is 0.731. The molecule has 1 aliphatic heterocycles. The molecular formula is C18H20N2OS2. The molecule has 2 heterocycles. The lowest BCUT2D eigenvalue weighted by atomic mass is 10.1. The molecule has 3 rings (SSSR count). The van der Waals surface area contributed by atoms with Gasteiger partial charge in [0.25, 0.3) is 5.56 Å². The molecule has 0 saturated heterocycles. The van der Waals surface area contributed by atoms with Crippen LogP contribution in [0.1, 0.15) is 23.7 Å². The molecule has 2 aromatic rings. The van der Waals surface area contributed by atoms with E-state index >= 15 is 0 Å². The molecule has 0 aliphatic carbocycles. The Morgan fingerprint density at radius 3 is 2.74 bits per heavy atom. The molecule has 0 bridgehead atoms. The molecule has 1 aliphatic rings. The quantitative estimate of drug-likeness (QED) is 0.474. The number of rotatable bonds is 4. The minimum atomic E-state index is 0.0564. The van der Waals surface area contributed by atoms with Crippen molar-refractivity contribution in [3.05, 3.63) is 58.0 Å². The van der Waals surface area contributed by atoms with Crippen molar-refractivity contribution in [3.63, 3.8) is 0 Å². The van der Waals surface area contributed by atoms with Crippen molar-refractivity contribution >= 4 is 23.5 Å². The largest absolute Gasteiger partial charge is 0.272 e. The van der Waals surface area contributed by atoms with E-state index in [-0.39, 0.29) is 5.56 Å². The normalized spacial score (nSPS) is 16.4. The minimum absolute atomic E-state index is 0.0564. The summed E-state index contributed by atoms with van der Waals surface area (Å²) in [6.45, 7) is 10.0. The number of thioether (sulfide) groups is 2. The summed E-state index contributed by atoms with van der Waals surface area (Å²) in [4.78, 5) is 18.7. The molecule has 23 heavy (non-hydrogen) atoms. The monoisotopic (exact) mass is 344 g/mol. The average molecular weight is 345 g/mol. The molecule has 0 fully saturated rings. The second kappa shape index (κ2) is 6.57. The molecule has 0 spiro atoms. The van der Waals surface area contributed by atoms with Crippen LogP contribution in [0.5, 0.6) is 0 Å². The summed E-state index contributed by atoms with van der Waals surface area (Å²) in [6, 6.07) is 6.20. The summed E-state index contributed by atoms with van der Waals surface area (Å²) in [6.07, 6.45) is 2.71. The van der Waals surface area contributed by atoms with Crippen LogP contribution in [-0.2, 0) is 6.42 Å². The molecule has 0 saturated carbocycles. The predicted octanol–water partition coefficient (Wildman–Crippen LogP) is 4.16. The van der Waals surface area contributed by atoms with Crippen LogP contribution >= 0.6 is 23.5 Å². The van der Waals surface area contributed by atoms with E-state index in [1.54, 1.807) is 28.1 Å². The summed E-state index contributed by atoms with van der Waals surface area (Å²) in [5.41, 5.74) is 4.19. The maximum Gasteiger partial charge on any atom is 0.272 e. The molecule has 0 amide bonds. The van der Waals surface area contributed by atoms with Crippen molar-refractivity contribution in [2.24, 2.45) is 0 Å². The second-order valence-corrected chi connectivity index (χ2v) is 8.32. The van der Waals surface area contributed by atoms with E-state index in [2.05, 4.69) is 33.4 Å². The molecule has 5 heteroatoms. The highest BCUT2D eigenvalue weighted by Crippen LogP contribution is 2.35. The summed E-state index contributed by atoms with van der Waals surface area (Å²) in [5.74, 6) is 0.735. The van der Waals surface area contributed by atoms with Gasteiger partial charge in [-0.1, -0.05) is 30.8 Å². The average Bonchev–Trinajstić information content (AvgIpc) is 2.85. The van der Waals surface area contributed by atoms with E-state index in [0.717, 1.165) is 44.7 Å². The van der Waals surface area contributed by atoms with E-state index in [4.69, 9.17) is 4.98 Å². The Morgan fingerprint density at radius 1 is 1.39 bits per heavy atom. The van der Waals surface area contributed by atoms with Gasteiger partial charge in [0, 0.05) is 17.4 Å². The second-order valence-electron chi connectivity index (χ2n) is 5.89. The van der Waals surface area contributed by atoms with Crippen molar-refractivity contribution in [2.45, 2.75) is 42.5 Å². The van der Waals surface area contributed by atoms with E-state index in [9.17, 15) is 4.79 Å². The molecule has 1 aromatic carbocycles. The van der Waals surface area contributed by atoms with Crippen LogP contribution in [0, 0.1) is 13.8 Å². The van der Waals surface area contributed by atoms with Crippen LogP contribution < -0.4 is 5.56 Å². The van der Waals surface area contributed by atoms with Crippen molar-refractivity contribution in [3.8, 4) is 5.69 Å². The lowest BCUT2D eigenvalue weighted by Crippen LogP contribution is -2.24. The number of hydrogen-bond donors (Lipinski definition) is 0. The van der Waals surface area contributed by atoms with E-state index < -0.39 is 0 Å². The van der Waals surface area contributed by atoms with Gasteiger partial charge >= 0.3 is 0 Å².